The molecule has 0 saturated carbocycles. The third-order valence-electron chi connectivity index (χ3n) is 4.67. The Hall–Kier alpha value is -3.54. The fraction of sp³-hybridized carbons (Fsp3) is 0.143. The SMILES string of the molecule is Cc1cccc(-c2ccc(-c3cc4cnc(N)nc4n(C)c3=O)c(C)c2)n1. The van der Waals surface area contributed by atoms with E-state index in [1.807, 2.05) is 50.2 Å². The zero-order valence-corrected chi connectivity index (χ0v) is 15.4. The number of nitrogens with two attached hydrogens (primary N) is 1. The molecule has 3 heterocycles. The predicted octanol–water partition coefficient (Wildman–Crippen LogP) is 3.26. The van der Waals surface area contributed by atoms with Crippen LogP contribution in [-0.2, 0) is 7.05 Å². The first kappa shape index (κ1) is 16.9. The zero-order chi connectivity index (χ0) is 19.1. The van der Waals surface area contributed by atoms with E-state index >= 15 is 0 Å². The quantitative estimate of drug-likeness (QED) is 0.595. The summed E-state index contributed by atoms with van der Waals surface area (Å²) in [5, 5.41) is 0.769. The molecule has 4 aromatic rings. The summed E-state index contributed by atoms with van der Waals surface area (Å²) in [6.45, 7) is 3.97. The average molecular weight is 357 g/mol. The van der Waals surface area contributed by atoms with Gasteiger partial charge in [0.2, 0.25) is 5.95 Å². The summed E-state index contributed by atoms with van der Waals surface area (Å²) in [6, 6.07) is 13.8. The van der Waals surface area contributed by atoms with E-state index in [4.69, 9.17) is 5.73 Å². The summed E-state index contributed by atoms with van der Waals surface area (Å²) >= 11 is 0. The van der Waals surface area contributed by atoms with E-state index in [9.17, 15) is 4.79 Å². The lowest BCUT2D eigenvalue weighted by Gasteiger charge is -2.12. The van der Waals surface area contributed by atoms with Gasteiger partial charge >= 0.3 is 0 Å². The molecule has 134 valence electrons. The van der Waals surface area contributed by atoms with E-state index in [-0.39, 0.29) is 11.5 Å². The Kier molecular flexibility index (Phi) is 3.96. The van der Waals surface area contributed by atoms with Gasteiger partial charge in [-0.25, -0.2) is 4.98 Å². The van der Waals surface area contributed by atoms with Crippen molar-refractivity contribution in [3.63, 3.8) is 0 Å². The van der Waals surface area contributed by atoms with Crippen LogP contribution in [0, 0.1) is 13.8 Å². The molecule has 0 amide bonds. The van der Waals surface area contributed by atoms with Crippen LogP contribution in [0.2, 0.25) is 0 Å². The highest BCUT2D eigenvalue weighted by Crippen LogP contribution is 2.27. The average Bonchev–Trinajstić information content (AvgIpc) is 2.65. The molecule has 2 N–H and O–H groups in total. The third-order valence-corrected chi connectivity index (χ3v) is 4.67. The van der Waals surface area contributed by atoms with Gasteiger partial charge in [-0.3, -0.25) is 14.3 Å². The number of nitrogen functional groups attached to an aromatic ring is 1. The van der Waals surface area contributed by atoms with Crippen LogP contribution in [0.3, 0.4) is 0 Å². The number of benzene rings is 1. The zero-order valence-electron chi connectivity index (χ0n) is 15.4. The van der Waals surface area contributed by atoms with Gasteiger partial charge in [0.15, 0.2) is 0 Å². The number of aromatic nitrogens is 4. The number of rotatable bonds is 2. The van der Waals surface area contributed by atoms with Crippen LogP contribution in [0.4, 0.5) is 5.95 Å². The highest BCUT2D eigenvalue weighted by atomic mass is 16.1. The van der Waals surface area contributed by atoms with Gasteiger partial charge in [-0.1, -0.05) is 18.2 Å². The Morgan fingerprint density at radius 1 is 1.00 bits per heavy atom. The van der Waals surface area contributed by atoms with Crippen molar-refractivity contribution in [2.24, 2.45) is 7.05 Å². The van der Waals surface area contributed by atoms with Crippen LogP contribution >= 0.6 is 0 Å². The van der Waals surface area contributed by atoms with Crippen molar-refractivity contribution in [3.05, 3.63) is 70.3 Å². The van der Waals surface area contributed by atoms with E-state index in [2.05, 4.69) is 21.0 Å². The van der Waals surface area contributed by atoms with E-state index in [1.165, 1.54) is 4.57 Å². The first-order valence-electron chi connectivity index (χ1n) is 8.61. The molecule has 0 aliphatic heterocycles. The van der Waals surface area contributed by atoms with Gasteiger partial charge in [0.05, 0.1) is 5.69 Å². The Balaban J connectivity index is 1.88. The number of fused-ring (bicyclic) bond motifs is 1. The van der Waals surface area contributed by atoms with Gasteiger partial charge in [-0.2, -0.15) is 4.98 Å². The Morgan fingerprint density at radius 2 is 1.81 bits per heavy atom. The lowest BCUT2D eigenvalue weighted by Crippen LogP contribution is -2.20. The van der Waals surface area contributed by atoms with E-state index in [1.54, 1.807) is 13.2 Å². The van der Waals surface area contributed by atoms with E-state index < -0.39 is 0 Å². The van der Waals surface area contributed by atoms with Gasteiger partial charge in [0, 0.05) is 35.5 Å². The van der Waals surface area contributed by atoms with Gasteiger partial charge < -0.3 is 5.73 Å². The molecule has 3 aromatic heterocycles. The van der Waals surface area contributed by atoms with Crippen molar-refractivity contribution in [2.75, 3.05) is 5.73 Å². The van der Waals surface area contributed by atoms with Crippen LogP contribution in [-0.4, -0.2) is 19.5 Å². The number of anilines is 1. The number of aryl methyl sites for hydroxylation is 3. The molecule has 4 rings (SSSR count). The summed E-state index contributed by atoms with van der Waals surface area (Å²) < 4.78 is 1.51. The lowest BCUT2D eigenvalue weighted by molar-refractivity contribution is 0.887. The molecule has 0 atom stereocenters. The normalized spacial score (nSPS) is 11.1. The lowest BCUT2D eigenvalue weighted by atomic mass is 9.97. The molecule has 0 fully saturated rings. The Morgan fingerprint density at radius 3 is 2.56 bits per heavy atom. The minimum absolute atomic E-state index is 0.120. The van der Waals surface area contributed by atoms with Gasteiger partial charge in [0.1, 0.15) is 5.65 Å². The topological polar surface area (TPSA) is 86.7 Å². The monoisotopic (exact) mass is 357 g/mol. The van der Waals surface area contributed by atoms with Crippen LogP contribution in [0.1, 0.15) is 11.3 Å². The van der Waals surface area contributed by atoms with Crippen molar-refractivity contribution >= 4 is 17.0 Å². The van der Waals surface area contributed by atoms with Crippen molar-refractivity contribution < 1.29 is 0 Å². The molecule has 6 heteroatoms. The first-order chi connectivity index (χ1) is 12.9. The second kappa shape index (κ2) is 6.32. The molecule has 27 heavy (non-hydrogen) atoms. The Bertz CT molecular complexity index is 1240. The molecule has 0 aliphatic carbocycles. The maximum atomic E-state index is 12.9. The number of hydrogen-bond donors (Lipinski definition) is 1. The second-order valence-electron chi connectivity index (χ2n) is 6.62. The summed E-state index contributed by atoms with van der Waals surface area (Å²) in [7, 11) is 1.70. The largest absolute Gasteiger partial charge is 0.368 e. The van der Waals surface area contributed by atoms with E-state index in [0.29, 0.717) is 11.2 Å². The van der Waals surface area contributed by atoms with Gasteiger partial charge in [-0.15, -0.1) is 0 Å². The van der Waals surface area contributed by atoms with Crippen molar-refractivity contribution in [1.82, 2.24) is 19.5 Å². The van der Waals surface area contributed by atoms with Gasteiger partial charge in [-0.05, 0) is 49.2 Å². The number of pyridine rings is 2. The standard InChI is InChI=1S/C21H19N5O/c1-12-9-14(18-6-4-5-13(2)24-18)7-8-16(12)17-10-15-11-23-21(22)25-19(15)26(3)20(17)27/h4-11H,1-3H3,(H2,22,23,25). The summed E-state index contributed by atoms with van der Waals surface area (Å²) in [5.41, 5.74) is 11.5. The second-order valence-corrected chi connectivity index (χ2v) is 6.62. The predicted molar refractivity (Wildman–Crippen MR) is 107 cm³/mol. The molecule has 0 radical (unpaired) electrons. The molecule has 0 saturated heterocycles. The molecule has 0 unspecified atom stereocenters. The molecular formula is C21H19N5O. The maximum absolute atomic E-state index is 12.9. The minimum atomic E-state index is -0.120. The van der Waals surface area contributed by atoms with Crippen molar-refractivity contribution in [2.45, 2.75) is 13.8 Å². The fourth-order valence-electron chi connectivity index (χ4n) is 3.28. The highest BCUT2D eigenvalue weighted by molar-refractivity contribution is 5.82. The van der Waals surface area contributed by atoms with Crippen LogP contribution in [0.25, 0.3) is 33.4 Å². The first-order valence-corrected chi connectivity index (χ1v) is 8.61. The van der Waals surface area contributed by atoms with E-state index in [0.717, 1.165) is 33.5 Å². The summed E-state index contributed by atoms with van der Waals surface area (Å²) in [5.74, 6) is 0.149. The fourth-order valence-corrected chi connectivity index (χ4v) is 3.28. The third kappa shape index (κ3) is 2.95. The molecular weight excluding hydrogens is 338 g/mol. The summed E-state index contributed by atoms with van der Waals surface area (Å²) in [4.78, 5) is 25.7. The van der Waals surface area contributed by atoms with Crippen LogP contribution in [0.5, 0.6) is 0 Å². The number of nitrogens with zero attached hydrogens (tertiary/aromatic N) is 4. The Labute approximate surface area is 156 Å². The molecule has 1 aromatic carbocycles. The molecule has 6 nitrogen and oxygen atoms in total. The molecule has 0 aliphatic rings. The smallest absolute Gasteiger partial charge is 0.259 e. The number of hydrogen-bond acceptors (Lipinski definition) is 5. The summed E-state index contributed by atoms with van der Waals surface area (Å²) in [6.07, 6.45) is 1.64. The molecule has 0 spiro atoms. The highest BCUT2D eigenvalue weighted by Gasteiger charge is 2.13. The van der Waals surface area contributed by atoms with Crippen LogP contribution in [0.15, 0.2) is 53.5 Å². The molecule has 0 bridgehead atoms. The van der Waals surface area contributed by atoms with Crippen LogP contribution < -0.4 is 11.3 Å². The van der Waals surface area contributed by atoms with Gasteiger partial charge in [0.25, 0.3) is 5.56 Å². The minimum Gasteiger partial charge on any atom is -0.368 e. The maximum Gasteiger partial charge on any atom is 0.259 e. The van der Waals surface area contributed by atoms with Crippen molar-refractivity contribution in [3.8, 4) is 22.4 Å². The van der Waals surface area contributed by atoms with Crippen molar-refractivity contribution in [1.29, 1.82) is 0 Å².